The van der Waals surface area contributed by atoms with Gasteiger partial charge in [-0.2, -0.15) is 0 Å². The minimum Gasteiger partial charge on any atom is -0.387 e. The van der Waals surface area contributed by atoms with E-state index in [0.717, 1.165) is 25.3 Å². The highest BCUT2D eigenvalue weighted by Gasteiger charge is 2.31. The summed E-state index contributed by atoms with van der Waals surface area (Å²) in [6, 6.07) is 6.20. The monoisotopic (exact) mass is 263 g/mol. The fraction of sp³-hybridized carbons (Fsp3) is 0.625. The first-order chi connectivity index (χ1) is 8.90. The molecule has 1 aromatic rings. The third kappa shape index (κ3) is 3.35. The van der Waals surface area contributed by atoms with Gasteiger partial charge in [-0.15, -0.1) is 0 Å². The normalized spacial score (nSPS) is 21.3. The van der Waals surface area contributed by atoms with E-state index in [9.17, 15) is 5.11 Å². The van der Waals surface area contributed by atoms with Gasteiger partial charge in [-0.05, 0) is 44.4 Å². The molecule has 1 heterocycles. The third-order valence-electron chi connectivity index (χ3n) is 4.13. The lowest BCUT2D eigenvalue weighted by Gasteiger charge is -2.43. The molecule has 0 radical (unpaired) electrons. The standard InChI is InChI=1S/C16H25NO2/c1-12-5-6-14(9-13(12)2)15(18)10-17-7-8-19-11-16(17,3)4/h5-6,9,15,18H,7-8,10-11H2,1-4H3. The van der Waals surface area contributed by atoms with Crippen molar-refractivity contribution < 1.29 is 9.84 Å². The zero-order valence-corrected chi connectivity index (χ0v) is 12.4. The molecule has 1 fully saturated rings. The fourth-order valence-corrected chi connectivity index (χ4v) is 2.52. The molecule has 1 aliphatic rings. The summed E-state index contributed by atoms with van der Waals surface area (Å²) in [5.41, 5.74) is 3.50. The summed E-state index contributed by atoms with van der Waals surface area (Å²) in [6.45, 7) is 11.5. The Kier molecular flexibility index (Phi) is 4.29. The maximum atomic E-state index is 10.4. The van der Waals surface area contributed by atoms with Crippen molar-refractivity contribution in [2.75, 3.05) is 26.3 Å². The number of nitrogens with zero attached hydrogens (tertiary/aromatic N) is 1. The Hall–Kier alpha value is -0.900. The number of β-amino-alcohol motifs (C(OH)–C–C–N with tert-alkyl or cyclic N) is 1. The smallest absolute Gasteiger partial charge is 0.0917 e. The van der Waals surface area contributed by atoms with Gasteiger partial charge >= 0.3 is 0 Å². The van der Waals surface area contributed by atoms with Crippen molar-refractivity contribution >= 4 is 0 Å². The highest BCUT2D eigenvalue weighted by atomic mass is 16.5. The van der Waals surface area contributed by atoms with Crippen LogP contribution in [-0.2, 0) is 4.74 Å². The third-order valence-corrected chi connectivity index (χ3v) is 4.13. The second kappa shape index (κ2) is 5.61. The molecule has 0 spiro atoms. The first-order valence-electron chi connectivity index (χ1n) is 6.98. The Morgan fingerprint density at radius 1 is 1.32 bits per heavy atom. The van der Waals surface area contributed by atoms with Gasteiger partial charge in [0.05, 0.1) is 19.3 Å². The summed E-state index contributed by atoms with van der Waals surface area (Å²) >= 11 is 0. The van der Waals surface area contributed by atoms with E-state index in [-0.39, 0.29) is 5.54 Å². The molecule has 1 atom stereocenters. The molecular weight excluding hydrogens is 238 g/mol. The molecule has 2 rings (SSSR count). The van der Waals surface area contributed by atoms with Gasteiger partial charge in [-0.1, -0.05) is 18.2 Å². The number of aryl methyl sites for hydroxylation is 2. The van der Waals surface area contributed by atoms with Crippen LogP contribution in [0.15, 0.2) is 18.2 Å². The molecule has 1 N–H and O–H groups in total. The quantitative estimate of drug-likeness (QED) is 0.909. The van der Waals surface area contributed by atoms with Gasteiger partial charge in [0.1, 0.15) is 0 Å². The summed E-state index contributed by atoms with van der Waals surface area (Å²) in [4.78, 5) is 2.32. The van der Waals surface area contributed by atoms with Crippen LogP contribution in [0.2, 0.25) is 0 Å². The predicted molar refractivity (Wildman–Crippen MR) is 77.3 cm³/mol. The van der Waals surface area contributed by atoms with Crippen molar-refractivity contribution in [3.8, 4) is 0 Å². The number of ether oxygens (including phenoxy) is 1. The topological polar surface area (TPSA) is 32.7 Å². The minimum absolute atomic E-state index is 0.00102. The molecule has 1 unspecified atom stereocenters. The van der Waals surface area contributed by atoms with Crippen LogP contribution in [0.1, 0.15) is 36.6 Å². The molecule has 1 aromatic carbocycles. The SMILES string of the molecule is Cc1ccc(C(O)CN2CCOCC2(C)C)cc1C. The molecule has 3 heteroatoms. The van der Waals surface area contributed by atoms with Gasteiger partial charge in [0.25, 0.3) is 0 Å². The molecule has 0 aliphatic carbocycles. The number of aliphatic hydroxyl groups is 1. The van der Waals surface area contributed by atoms with Crippen LogP contribution in [0, 0.1) is 13.8 Å². The van der Waals surface area contributed by atoms with Crippen molar-refractivity contribution in [3.63, 3.8) is 0 Å². The van der Waals surface area contributed by atoms with Gasteiger partial charge < -0.3 is 9.84 Å². The van der Waals surface area contributed by atoms with Crippen LogP contribution in [0.5, 0.6) is 0 Å². The van der Waals surface area contributed by atoms with E-state index in [2.05, 4.69) is 44.7 Å². The lowest BCUT2D eigenvalue weighted by molar-refractivity contribution is -0.0667. The maximum Gasteiger partial charge on any atom is 0.0917 e. The fourth-order valence-electron chi connectivity index (χ4n) is 2.52. The van der Waals surface area contributed by atoms with Crippen molar-refractivity contribution in [2.24, 2.45) is 0 Å². The van der Waals surface area contributed by atoms with E-state index in [0.29, 0.717) is 6.54 Å². The number of rotatable bonds is 3. The molecule has 0 bridgehead atoms. The first kappa shape index (κ1) is 14.5. The van der Waals surface area contributed by atoms with Crippen molar-refractivity contribution in [2.45, 2.75) is 39.3 Å². The van der Waals surface area contributed by atoms with E-state index < -0.39 is 6.10 Å². The van der Waals surface area contributed by atoms with Crippen LogP contribution in [0.4, 0.5) is 0 Å². The number of benzene rings is 1. The molecule has 0 amide bonds. The largest absolute Gasteiger partial charge is 0.387 e. The lowest BCUT2D eigenvalue weighted by Crippen LogP contribution is -2.54. The lowest BCUT2D eigenvalue weighted by atomic mass is 9.98. The zero-order chi connectivity index (χ0) is 14.0. The number of hydrogen-bond donors (Lipinski definition) is 1. The van der Waals surface area contributed by atoms with Gasteiger partial charge in [0.15, 0.2) is 0 Å². The average Bonchev–Trinajstić information content (AvgIpc) is 2.35. The second-order valence-electron chi connectivity index (χ2n) is 6.17. The van der Waals surface area contributed by atoms with Crippen molar-refractivity contribution in [3.05, 3.63) is 34.9 Å². The van der Waals surface area contributed by atoms with E-state index in [1.807, 2.05) is 6.07 Å². The summed E-state index contributed by atoms with van der Waals surface area (Å²) in [7, 11) is 0. The Morgan fingerprint density at radius 3 is 2.68 bits per heavy atom. The van der Waals surface area contributed by atoms with E-state index in [1.54, 1.807) is 0 Å². The summed E-state index contributed by atoms with van der Waals surface area (Å²) in [6.07, 6.45) is -0.434. The van der Waals surface area contributed by atoms with Gasteiger partial charge in [-0.25, -0.2) is 0 Å². The molecule has 1 aliphatic heterocycles. The number of aliphatic hydroxyl groups excluding tert-OH is 1. The minimum atomic E-state index is -0.434. The molecule has 19 heavy (non-hydrogen) atoms. The summed E-state index contributed by atoms with van der Waals surface area (Å²) in [5, 5.41) is 10.4. The Labute approximate surface area is 116 Å². The van der Waals surface area contributed by atoms with Crippen LogP contribution < -0.4 is 0 Å². The van der Waals surface area contributed by atoms with Crippen LogP contribution in [-0.4, -0.2) is 41.8 Å². The Morgan fingerprint density at radius 2 is 2.05 bits per heavy atom. The van der Waals surface area contributed by atoms with Crippen LogP contribution in [0.3, 0.4) is 0 Å². The Bertz CT molecular complexity index is 442. The highest BCUT2D eigenvalue weighted by molar-refractivity contribution is 5.31. The van der Waals surface area contributed by atoms with E-state index >= 15 is 0 Å². The molecule has 0 aromatic heterocycles. The van der Waals surface area contributed by atoms with Crippen LogP contribution >= 0.6 is 0 Å². The van der Waals surface area contributed by atoms with Gasteiger partial charge in [-0.3, -0.25) is 4.90 Å². The first-order valence-corrected chi connectivity index (χ1v) is 6.98. The van der Waals surface area contributed by atoms with Crippen LogP contribution in [0.25, 0.3) is 0 Å². The molecule has 106 valence electrons. The van der Waals surface area contributed by atoms with E-state index in [4.69, 9.17) is 4.74 Å². The number of morpholine rings is 1. The number of hydrogen-bond acceptors (Lipinski definition) is 3. The highest BCUT2D eigenvalue weighted by Crippen LogP contribution is 2.24. The average molecular weight is 263 g/mol. The summed E-state index contributed by atoms with van der Waals surface area (Å²) < 4.78 is 5.51. The Balaban J connectivity index is 2.07. The molecular formula is C16H25NO2. The van der Waals surface area contributed by atoms with Gasteiger partial charge in [0.2, 0.25) is 0 Å². The molecule has 3 nitrogen and oxygen atoms in total. The van der Waals surface area contributed by atoms with Crippen molar-refractivity contribution in [1.29, 1.82) is 0 Å². The van der Waals surface area contributed by atoms with Crippen molar-refractivity contribution in [1.82, 2.24) is 4.90 Å². The summed E-state index contributed by atoms with van der Waals surface area (Å²) in [5.74, 6) is 0. The van der Waals surface area contributed by atoms with E-state index in [1.165, 1.54) is 11.1 Å². The zero-order valence-electron chi connectivity index (χ0n) is 12.4. The molecule has 1 saturated heterocycles. The van der Waals surface area contributed by atoms with Gasteiger partial charge in [0, 0.05) is 18.6 Å². The molecule has 0 saturated carbocycles. The predicted octanol–water partition coefficient (Wildman–Crippen LogP) is 2.45. The maximum absolute atomic E-state index is 10.4. The second-order valence-corrected chi connectivity index (χ2v) is 6.17.